The van der Waals surface area contributed by atoms with E-state index in [-0.39, 0.29) is 5.91 Å². The Hall–Kier alpha value is -3.51. The zero-order chi connectivity index (χ0) is 21.1. The summed E-state index contributed by atoms with van der Waals surface area (Å²) in [4.78, 5) is 22.0. The molecule has 6 heteroatoms. The van der Waals surface area contributed by atoms with E-state index in [4.69, 9.17) is 4.74 Å². The van der Waals surface area contributed by atoms with Gasteiger partial charge in [-0.15, -0.1) is 11.3 Å². The van der Waals surface area contributed by atoms with Gasteiger partial charge in [0.15, 0.2) is 5.13 Å². The number of nitrogens with one attached hydrogen (secondary N) is 1. The number of carbonyl (C=O) groups excluding carboxylic acids is 1. The van der Waals surface area contributed by atoms with Crippen LogP contribution in [0.2, 0.25) is 0 Å². The molecule has 1 amide bonds. The first kappa shape index (κ1) is 19.8. The lowest BCUT2D eigenvalue weighted by Gasteiger charge is -2.08. The van der Waals surface area contributed by atoms with Gasteiger partial charge in [0.25, 0.3) is 5.91 Å². The second-order valence-corrected chi connectivity index (χ2v) is 7.75. The molecule has 0 bridgehead atoms. The molecule has 2 aromatic heterocycles. The minimum Gasteiger partial charge on any atom is -0.496 e. The quantitative estimate of drug-likeness (QED) is 0.451. The number of aromatic nitrogens is 2. The smallest absolute Gasteiger partial charge is 0.259 e. The molecule has 0 aliphatic rings. The Morgan fingerprint density at radius 2 is 1.77 bits per heavy atom. The van der Waals surface area contributed by atoms with Crippen molar-refractivity contribution in [1.29, 1.82) is 0 Å². The molecule has 0 aliphatic carbocycles. The maximum absolute atomic E-state index is 12.8. The minimum absolute atomic E-state index is 0.225. The zero-order valence-corrected chi connectivity index (χ0v) is 17.8. The summed E-state index contributed by atoms with van der Waals surface area (Å²) in [6.45, 7) is 3.86. The Morgan fingerprint density at radius 1 is 0.967 bits per heavy atom. The van der Waals surface area contributed by atoms with Gasteiger partial charge in [0.05, 0.1) is 29.8 Å². The molecule has 150 valence electrons. The average molecular weight is 416 g/mol. The van der Waals surface area contributed by atoms with Crippen molar-refractivity contribution in [2.45, 2.75) is 13.8 Å². The first-order valence-corrected chi connectivity index (χ1v) is 10.4. The van der Waals surface area contributed by atoms with Crippen LogP contribution in [-0.4, -0.2) is 23.0 Å². The predicted molar refractivity (Wildman–Crippen MR) is 121 cm³/mol. The molecule has 0 saturated carbocycles. The van der Waals surface area contributed by atoms with E-state index in [0.717, 1.165) is 33.8 Å². The summed E-state index contributed by atoms with van der Waals surface area (Å²) in [5, 5.41) is 5.33. The second kappa shape index (κ2) is 8.47. The van der Waals surface area contributed by atoms with Crippen molar-refractivity contribution in [2.24, 2.45) is 0 Å². The fourth-order valence-electron chi connectivity index (χ4n) is 3.21. The van der Waals surface area contributed by atoms with Crippen LogP contribution in [0.3, 0.4) is 0 Å². The van der Waals surface area contributed by atoms with Gasteiger partial charge in [0.2, 0.25) is 0 Å². The molecule has 4 rings (SSSR count). The number of amides is 1. The highest BCUT2D eigenvalue weighted by molar-refractivity contribution is 7.14. The van der Waals surface area contributed by atoms with Gasteiger partial charge in [-0.05, 0) is 38.1 Å². The van der Waals surface area contributed by atoms with Crippen molar-refractivity contribution in [3.63, 3.8) is 0 Å². The Balaban J connectivity index is 1.55. The van der Waals surface area contributed by atoms with E-state index >= 15 is 0 Å². The molecule has 0 aliphatic heterocycles. The third kappa shape index (κ3) is 4.09. The topological polar surface area (TPSA) is 64.1 Å². The van der Waals surface area contributed by atoms with Gasteiger partial charge in [-0.25, -0.2) is 4.98 Å². The number of hydrogen-bond acceptors (Lipinski definition) is 5. The van der Waals surface area contributed by atoms with Crippen LogP contribution in [0.1, 0.15) is 21.6 Å². The highest BCUT2D eigenvalue weighted by atomic mass is 32.1. The highest BCUT2D eigenvalue weighted by Gasteiger charge is 2.15. The van der Waals surface area contributed by atoms with Crippen LogP contribution in [0.5, 0.6) is 5.75 Å². The number of nitrogens with zero attached hydrogens (tertiary/aromatic N) is 2. The summed E-state index contributed by atoms with van der Waals surface area (Å²) in [7, 11) is 1.64. The van der Waals surface area contributed by atoms with Gasteiger partial charge < -0.3 is 4.74 Å². The van der Waals surface area contributed by atoms with Crippen LogP contribution >= 0.6 is 11.3 Å². The lowest BCUT2D eigenvalue weighted by atomic mass is 10.1. The Kier molecular flexibility index (Phi) is 5.59. The SMILES string of the molecule is COc1ccc(C)cc1-c1csc(NC(=O)c2ccc(-c3ccccc3)nc2C)n1. The summed E-state index contributed by atoms with van der Waals surface area (Å²) in [6, 6.07) is 19.5. The number of methoxy groups -OCH3 is 1. The molecule has 1 N–H and O–H groups in total. The fourth-order valence-corrected chi connectivity index (χ4v) is 3.92. The van der Waals surface area contributed by atoms with Crippen molar-refractivity contribution < 1.29 is 9.53 Å². The predicted octanol–water partition coefficient (Wildman–Crippen LogP) is 5.75. The molecule has 0 unspecified atom stereocenters. The van der Waals surface area contributed by atoms with Crippen molar-refractivity contribution in [3.8, 4) is 28.3 Å². The molecule has 30 heavy (non-hydrogen) atoms. The van der Waals surface area contributed by atoms with Crippen LogP contribution in [-0.2, 0) is 0 Å². The molecule has 4 aromatic rings. The fraction of sp³-hybridized carbons (Fsp3) is 0.125. The third-order valence-electron chi connectivity index (χ3n) is 4.76. The summed E-state index contributed by atoms with van der Waals surface area (Å²) in [5.74, 6) is 0.525. The van der Waals surface area contributed by atoms with E-state index in [0.29, 0.717) is 16.4 Å². The van der Waals surface area contributed by atoms with Gasteiger partial charge in [-0.1, -0.05) is 42.0 Å². The summed E-state index contributed by atoms with van der Waals surface area (Å²) < 4.78 is 5.45. The molecular formula is C24H21N3O2S. The number of ether oxygens (including phenoxy) is 1. The van der Waals surface area contributed by atoms with Crippen molar-refractivity contribution in [1.82, 2.24) is 9.97 Å². The molecule has 2 heterocycles. The second-order valence-electron chi connectivity index (χ2n) is 6.89. The maximum atomic E-state index is 12.8. The number of benzene rings is 2. The molecule has 0 fully saturated rings. The molecule has 0 saturated heterocycles. The number of pyridine rings is 1. The monoisotopic (exact) mass is 415 g/mol. The molecule has 2 aromatic carbocycles. The lowest BCUT2D eigenvalue weighted by Crippen LogP contribution is -2.14. The summed E-state index contributed by atoms with van der Waals surface area (Å²) in [5.41, 5.74) is 5.84. The molecule has 0 atom stereocenters. The molecule has 0 radical (unpaired) electrons. The number of thiazole rings is 1. The van der Waals surface area contributed by atoms with Crippen molar-refractivity contribution in [2.75, 3.05) is 12.4 Å². The minimum atomic E-state index is -0.225. The van der Waals surface area contributed by atoms with Crippen LogP contribution in [0.15, 0.2) is 66.0 Å². The van der Waals surface area contributed by atoms with Crippen molar-refractivity contribution in [3.05, 3.63) is 82.9 Å². The van der Waals surface area contributed by atoms with Crippen LogP contribution in [0.25, 0.3) is 22.5 Å². The number of hydrogen-bond donors (Lipinski definition) is 1. The first-order chi connectivity index (χ1) is 14.5. The molecule has 0 spiro atoms. The van der Waals surface area contributed by atoms with Gasteiger partial charge in [0.1, 0.15) is 5.75 Å². The van der Waals surface area contributed by atoms with Gasteiger partial charge >= 0.3 is 0 Å². The van der Waals surface area contributed by atoms with E-state index in [1.807, 2.05) is 73.8 Å². The van der Waals surface area contributed by atoms with E-state index in [2.05, 4.69) is 15.3 Å². The number of aryl methyl sites for hydroxylation is 2. The summed E-state index contributed by atoms with van der Waals surface area (Å²) in [6.07, 6.45) is 0. The van der Waals surface area contributed by atoms with Crippen molar-refractivity contribution >= 4 is 22.4 Å². The number of carbonyl (C=O) groups is 1. The van der Waals surface area contributed by atoms with E-state index < -0.39 is 0 Å². The van der Waals surface area contributed by atoms with Crippen LogP contribution in [0, 0.1) is 13.8 Å². The van der Waals surface area contributed by atoms with Crippen LogP contribution < -0.4 is 10.1 Å². The van der Waals surface area contributed by atoms with Gasteiger partial charge in [0, 0.05) is 16.5 Å². The Labute approximate surface area is 179 Å². The number of rotatable bonds is 5. The Morgan fingerprint density at radius 3 is 2.50 bits per heavy atom. The largest absolute Gasteiger partial charge is 0.496 e. The maximum Gasteiger partial charge on any atom is 0.259 e. The molecular weight excluding hydrogens is 394 g/mol. The normalized spacial score (nSPS) is 10.6. The van der Waals surface area contributed by atoms with E-state index in [1.54, 1.807) is 13.2 Å². The summed E-state index contributed by atoms with van der Waals surface area (Å²) >= 11 is 1.38. The standard InChI is InChI=1S/C24H21N3O2S/c1-15-9-12-22(29-3)19(13-15)21-14-30-24(26-21)27-23(28)18-10-11-20(25-16(18)2)17-7-5-4-6-8-17/h4-14H,1-3H3,(H,26,27,28). The highest BCUT2D eigenvalue weighted by Crippen LogP contribution is 2.33. The third-order valence-corrected chi connectivity index (χ3v) is 5.51. The number of anilines is 1. The van der Waals surface area contributed by atoms with Gasteiger partial charge in [-0.3, -0.25) is 15.1 Å². The zero-order valence-electron chi connectivity index (χ0n) is 17.0. The lowest BCUT2D eigenvalue weighted by molar-refractivity contribution is 0.102. The molecule has 5 nitrogen and oxygen atoms in total. The first-order valence-electron chi connectivity index (χ1n) is 9.50. The van der Waals surface area contributed by atoms with Gasteiger partial charge in [-0.2, -0.15) is 0 Å². The van der Waals surface area contributed by atoms with E-state index in [1.165, 1.54) is 11.3 Å². The van der Waals surface area contributed by atoms with E-state index in [9.17, 15) is 4.79 Å². The van der Waals surface area contributed by atoms with Crippen LogP contribution in [0.4, 0.5) is 5.13 Å². The average Bonchev–Trinajstić information content (AvgIpc) is 3.22. The Bertz CT molecular complexity index is 1200.